The zero-order chi connectivity index (χ0) is 18.0. The third-order valence-corrected chi connectivity index (χ3v) is 4.48. The number of hydrogen-bond acceptors (Lipinski definition) is 7. The van der Waals surface area contributed by atoms with Gasteiger partial charge in [0.25, 0.3) is 5.91 Å². The number of ether oxygens (including phenoxy) is 1. The minimum absolute atomic E-state index is 0.127. The molecule has 0 N–H and O–H groups in total. The minimum Gasteiger partial charge on any atom is -0.423 e. The van der Waals surface area contributed by atoms with Crippen LogP contribution in [0, 0.1) is 0 Å². The van der Waals surface area contributed by atoms with E-state index in [0.29, 0.717) is 31.5 Å². The molecule has 0 unspecified atom stereocenters. The molecule has 1 saturated heterocycles. The van der Waals surface area contributed by atoms with E-state index < -0.39 is 6.04 Å². The van der Waals surface area contributed by atoms with Gasteiger partial charge in [0.2, 0.25) is 17.5 Å². The lowest BCUT2D eigenvalue weighted by molar-refractivity contribution is -0.0125. The van der Waals surface area contributed by atoms with Gasteiger partial charge in [0.05, 0.1) is 18.9 Å². The van der Waals surface area contributed by atoms with Gasteiger partial charge in [0.1, 0.15) is 6.04 Å². The van der Waals surface area contributed by atoms with Crippen LogP contribution in [0.25, 0.3) is 0 Å². The van der Waals surface area contributed by atoms with Gasteiger partial charge in [-0.25, -0.2) is 0 Å². The van der Waals surface area contributed by atoms with Crippen LogP contribution in [0.4, 0.5) is 0 Å². The molecule has 1 amide bonds. The average molecular weight is 348 g/mol. The number of nitrogens with zero attached hydrogens (tertiary/aromatic N) is 4. The Morgan fingerprint density at radius 1 is 1.36 bits per heavy atom. The van der Waals surface area contributed by atoms with E-state index in [-0.39, 0.29) is 23.5 Å². The molecule has 2 aromatic heterocycles. The van der Waals surface area contributed by atoms with Crippen molar-refractivity contribution in [3.63, 3.8) is 0 Å². The maximum atomic E-state index is 12.9. The van der Waals surface area contributed by atoms with E-state index in [9.17, 15) is 4.79 Å². The van der Waals surface area contributed by atoms with Crippen LogP contribution in [0.2, 0.25) is 0 Å². The molecule has 1 aliphatic rings. The second-order valence-electron chi connectivity index (χ2n) is 6.65. The second-order valence-corrected chi connectivity index (χ2v) is 6.65. The molecule has 1 aliphatic heterocycles. The minimum atomic E-state index is -0.418. The summed E-state index contributed by atoms with van der Waals surface area (Å²) in [7, 11) is 0. The summed E-state index contributed by atoms with van der Waals surface area (Å²) in [6.45, 7) is 9.28. The fraction of sp³-hybridized carbons (Fsp3) is 0.647. The van der Waals surface area contributed by atoms with Crippen LogP contribution in [-0.2, 0) is 4.74 Å². The Kier molecular flexibility index (Phi) is 5.17. The van der Waals surface area contributed by atoms with Crippen molar-refractivity contribution < 1.29 is 18.5 Å². The summed E-state index contributed by atoms with van der Waals surface area (Å²) in [4.78, 5) is 14.5. The number of carbonyl (C=O) groups excluding carboxylic acids is 1. The summed E-state index contributed by atoms with van der Waals surface area (Å²) < 4.78 is 16.5. The Balaban J connectivity index is 1.82. The zero-order valence-corrected chi connectivity index (χ0v) is 15.1. The van der Waals surface area contributed by atoms with Crippen molar-refractivity contribution in [3.05, 3.63) is 29.3 Å². The van der Waals surface area contributed by atoms with Crippen molar-refractivity contribution >= 4 is 5.91 Å². The molecule has 0 aromatic carbocycles. The van der Waals surface area contributed by atoms with Gasteiger partial charge >= 0.3 is 0 Å². The normalized spacial score (nSPS) is 19.4. The molecule has 2 aromatic rings. The molecule has 25 heavy (non-hydrogen) atoms. The molecule has 1 fully saturated rings. The van der Waals surface area contributed by atoms with E-state index >= 15 is 0 Å². The van der Waals surface area contributed by atoms with Gasteiger partial charge in [-0.1, -0.05) is 32.9 Å². The fourth-order valence-corrected chi connectivity index (χ4v) is 2.64. The van der Waals surface area contributed by atoms with Crippen molar-refractivity contribution in [2.24, 2.45) is 0 Å². The van der Waals surface area contributed by atoms with Crippen LogP contribution in [0.1, 0.15) is 80.0 Å². The first-order valence-corrected chi connectivity index (χ1v) is 8.69. The number of hydrogen-bond donors (Lipinski definition) is 0. The first-order chi connectivity index (χ1) is 12.0. The molecule has 0 aliphatic carbocycles. The third kappa shape index (κ3) is 3.58. The summed E-state index contributed by atoms with van der Waals surface area (Å²) in [5.74, 6) is 1.30. The van der Waals surface area contributed by atoms with E-state index in [0.717, 1.165) is 12.1 Å². The first kappa shape index (κ1) is 17.6. The molecule has 2 atom stereocenters. The highest BCUT2D eigenvalue weighted by Crippen LogP contribution is 2.27. The van der Waals surface area contributed by atoms with Crippen molar-refractivity contribution in [1.82, 2.24) is 20.3 Å². The maximum Gasteiger partial charge on any atom is 0.293 e. The number of amides is 1. The molecule has 0 radical (unpaired) electrons. The highest BCUT2D eigenvalue weighted by molar-refractivity contribution is 5.91. The Morgan fingerprint density at radius 2 is 2.16 bits per heavy atom. The highest BCUT2D eigenvalue weighted by atomic mass is 16.5. The molecular weight excluding hydrogens is 324 g/mol. The van der Waals surface area contributed by atoms with Gasteiger partial charge in [-0.15, -0.1) is 10.2 Å². The molecule has 0 saturated carbocycles. The topological polar surface area (TPSA) is 94.5 Å². The molecule has 136 valence electrons. The van der Waals surface area contributed by atoms with Gasteiger partial charge in [0, 0.05) is 24.4 Å². The van der Waals surface area contributed by atoms with Gasteiger partial charge < -0.3 is 18.6 Å². The number of carbonyl (C=O) groups is 1. The van der Waals surface area contributed by atoms with Crippen LogP contribution in [0.5, 0.6) is 0 Å². The van der Waals surface area contributed by atoms with Crippen molar-refractivity contribution in [2.45, 2.75) is 52.0 Å². The molecule has 0 spiro atoms. The van der Waals surface area contributed by atoms with E-state index in [1.54, 1.807) is 11.0 Å². The number of rotatable bonds is 5. The van der Waals surface area contributed by atoms with Crippen molar-refractivity contribution in [3.8, 4) is 0 Å². The van der Waals surface area contributed by atoms with E-state index in [2.05, 4.69) is 29.2 Å². The lowest BCUT2D eigenvalue weighted by Gasteiger charge is -2.32. The molecule has 8 nitrogen and oxygen atoms in total. The second kappa shape index (κ2) is 7.35. The first-order valence-electron chi connectivity index (χ1n) is 8.69. The Hall–Kier alpha value is -2.22. The van der Waals surface area contributed by atoms with E-state index in [1.807, 2.05) is 13.8 Å². The SMILES string of the molecule is CC[C@@H](C)c1cc(C(=O)N2CCOC[C@@H]2c2nnc(C(C)C)o2)on1. The van der Waals surface area contributed by atoms with Crippen molar-refractivity contribution in [2.75, 3.05) is 19.8 Å². The predicted octanol–water partition coefficient (Wildman–Crippen LogP) is 2.91. The van der Waals surface area contributed by atoms with Crippen molar-refractivity contribution in [1.29, 1.82) is 0 Å². The summed E-state index contributed by atoms with van der Waals surface area (Å²) in [5.41, 5.74) is 0.788. The van der Waals surface area contributed by atoms with Crippen LogP contribution in [0.15, 0.2) is 15.0 Å². The lowest BCUT2D eigenvalue weighted by atomic mass is 10.1. The number of morpholine rings is 1. The third-order valence-electron chi connectivity index (χ3n) is 4.48. The largest absolute Gasteiger partial charge is 0.423 e. The zero-order valence-electron chi connectivity index (χ0n) is 15.1. The quantitative estimate of drug-likeness (QED) is 0.820. The summed E-state index contributed by atoms with van der Waals surface area (Å²) in [6.07, 6.45) is 0.931. The molecular formula is C17H24N4O4. The lowest BCUT2D eigenvalue weighted by Crippen LogP contribution is -2.43. The number of aromatic nitrogens is 3. The van der Waals surface area contributed by atoms with Crippen LogP contribution < -0.4 is 0 Å². The average Bonchev–Trinajstić information content (AvgIpc) is 3.30. The summed E-state index contributed by atoms with van der Waals surface area (Å²) in [5, 5.41) is 12.2. The summed E-state index contributed by atoms with van der Waals surface area (Å²) >= 11 is 0. The Morgan fingerprint density at radius 3 is 2.84 bits per heavy atom. The van der Waals surface area contributed by atoms with E-state index in [1.165, 1.54) is 0 Å². The Bertz CT molecular complexity index is 724. The summed E-state index contributed by atoms with van der Waals surface area (Å²) in [6, 6.07) is 1.30. The monoisotopic (exact) mass is 348 g/mol. The van der Waals surface area contributed by atoms with Crippen LogP contribution in [-0.4, -0.2) is 45.9 Å². The van der Waals surface area contributed by atoms with Gasteiger partial charge in [0.15, 0.2) is 0 Å². The fourth-order valence-electron chi connectivity index (χ4n) is 2.64. The molecule has 3 rings (SSSR count). The van der Waals surface area contributed by atoms with Crippen LogP contribution in [0.3, 0.4) is 0 Å². The molecule has 8 heteroatoms. The smallest absolute Gasteiger partial charge is 0.293 e. The predicted molar refractivity (Wildman–Crippen MR) is 88.2 cm³/mol. The molecule has 0 bridgehead atoms. The molecule has 3 heterocycles. The maximum absolute atomic E-state index is 12.9. The standard InChI is InChI=1S/C17H24N4O4/c1-5-11(4)12-8-14(25-20-12)17(22)21-6-7-23-9-13(21)16-19-18-15(24-16)10(2)3/h8,10-11,13H,5-7,9H2,1-4H3/t11-,13-/m1/s1. The van der Waals surface area contributed by atoms with Gasteiger partial charge in [-0.05, 0) is 6.42 Å². The van der Waals surface area contributed by atoms with Gasteiger partial charge in [-0.2, -0.15) is 0 Å². The van der Waals surface area contributed by atoms with E-state index in [4.69, 9.17) is 13.7 Å². The van der Waals surface area contributed by atoms with Crippen LogP contribution >= 0.6 is 0 Å². The Labute approximate surface area is 146 Å². The highest BCUT2D eigenvalue weighted by Gasteiger charge is 2.35. The van der Waals surface area contributed by atoms with Gasteiger partial charge in [-0.3, -0.25) is 4.79 Å².